The predicted octanol–water partition coefficient (Wildman–Crippen LogP) is 7.38. The summed E-state index contributed by atoms with van der Waals surface area (Å²) in [6, 6.07) is 40.0. The zero-order chi connectivity index (χ0) is 35.6. The molecule has 0 aromatic heterocycles. The van der Waals surface area contributed by atoms with Gasteiger partial charge in [0.1, 0.15) is 0 Å². The molecule has 2 aliphatic rings. The molecular formula is C47H42Cl4Zr-2. The average molecular weight is 840 g/mol. The Bertz CT molecular complexity index is 2120. The van der Waals surface area contributed by atoms with Crippen LogP contribution in [0.15, 0.2) is 121 Å². The van der Waals surface area contributed by atoms with Gasteiger partial charge in [-0.2, -0.15) is 29.8 Å². The van der Waals surface area contributed by atoms with E-state index in [-0.39, 0.29) is 35.6 Å². The molecule has 0 aliphatic heterocycles. The van der Waals surface area contributed by atoms with Gasteiger partial charge in [0.05, 0.1) is 0 Å². The van der Waals surface area contributed by atoms with E-state index in [1.807, 2.05) is 36.4 Å². The largest absolute Gasteiger partial charge is 1.00 e. The summed E-state index contributed by atoms with van der Waals surface area (Å²) in [5.74, 6) is 0. The first-order valence-electron chi connectivity index (χ1n) is 17.2. The molecule has 0 fully saturated rings. The van der Waals surface area contributed by atoms with Gasteiger partial charge in [-0.3, -0.25) is 6.08 Å². The van der Waals surface area contributed by atoms with Gasteiger partial charge in [0, 0.05) is 0 Å². The van der Waals surface area contributed by atoms with E-state index >= 15 is 0 Å². The van der Waals surface area contributed by atoms with Crippen molar-refractivity contribution in [1.82, 2.24) is 0 Å². The Kier molecular flexibility index (Phi) is 14.2. The van der Waals surface area contributed by atoms with E-state index in [9.17, 15) is 0 Å². The van der Waals surface area contributed by atoms with E-state index in [4.69, 9.17) is 23.2 Å². The molecule has 0 spiro atoms. The van der Waals surface area contributed by atoms with Crippen LogP contribution in [0.1, 0.15) is 81.3 Å². The van der Waals surface area contributed by atoms with Crippen LogP contribution in [0.4, 0.5) is 0 Å². The quantitative estimate of drug-likeness (QED) is 0.160. The van der Waals surface area contributed by atoms with E-state index in [2.05, 4.69) is 139 Å². The second-order valence-electron chi connectivity index (χ2n) is 15.0. The van der Waals surface area contributed by atoms with E-state index < -0.39 is 0 Å². The van der Waals surface area contributed by atoms with Gasteiger partial charge in [-0.05, 0) is 28.4 Å². The molecule has 0 saturated carbocycles. The van der Waals surface area contributed by atoms with Gasteiger partial charge in [-0.15, -0.1) is 17.5 Å². The summed E-state index contributed by atoms with van der Waals surface area (Å²) in [6.07, 6.45) is 11.0. The Balaban J connectivity index is 0.000000199. The summed E-state index contributed by atoms with van der Waals surface area (Å²) in [7, 11) is 0. The second-order valence-corrected chi connectivity index (χ2v) is 17.1. The number of benzene rings is 6. The molecule has 0 nitrogen and oxygen atoms in total. The van der Waals surface area contributed by atoms with Crippen molar-refractivity contribution in [2.45, 2.75) is 65.2 Å². The van der Waals surface area contributed by atoms with Crippen molar-refractivity contribution in [3.8, 4) is 11.1 Å². The topological polar surface area (TPSA) is 0 Å². The van der Waals surface area contributed by atoms with E-state index in [1.54, 1.807) is 0 Å². The van der Waals surface area contributed by atoms with E-state index in [1.165, 1.54) is 82.7 Å². The van der Waals surface area contributed by atoms with Crippen LogP contribution in [0.3, 0.4) is 0 Å². The van der Waals surface area contributed by atoms with Crippen LogP contribution in [-0.2, 0) is 41.5 Å². The minimum Gasteiger partial charge on any atom is -1.00 e. The number of fused-ring (bicyclic) bond motifs is 5. The van der Waals surface area contributed by atoms with Crippen molar-refractivity contribution in [1.29, 1.82) is 0 Å². The maximum atomic E-state index is 6.38. The molecule has 0 atom stereocenters. The first kappa shape index (κ1) is 42.0. The zero-order valence-corrected chi connectivity index (χ0v) is 36.0. The molecule has 0 unspecified atom stereocenters. The van der Waals surface area contributed by atoms with E-state index in [0.29, 0.717) is 0 Å². The van der Waals surface area contributed by atoms with E-state index in [0.717, 1.165) is 33.7 Å². The molecule has 0 heterocycles. The summed E-state index contributed by atoms with van der Waals surface area (Å²) in [6.45, 7) is 13.6. The summed E-state index contributed by atoms with van der Waals surface area (Å²) in [5.41, 5.74) is 11.1. The molecule has 8 rings (SSSR count). The van der Waals surface area contributed by atoms with Gasteiger partial charge in [0.25, 0.3) is 0 Å². The molecule has 0 radical (unpaired) electrons. The number of rotatable bonds is 2. The van der Waals surface area contributed by atoms with Gasteiger partial charge >= 0.3 is 166 Å². The molecule has 52 heavy (non-hydrogen) atoms. The van der Waals surface area contributed by atoms with Crippen LogP contribution in [0.25, 0.3) is 32.7 Å². The Morgan fingerprint density at radius 1 is 0.654 bits per heavy atom. The fraction of sp³-hybridized carbons (Fsp3) is 0.213. The second kappa shape index (κ2) is 17.6. The first-order chi connectivity index (χ1) is 23.8. The zero-order valence-electron chi connectivity index (χ0n) is 30.5. The number of allylic oxidation sites excluding steroid dienone is 4. The molecule has 6 aromatic rings. The average Bonchev–Trinajstić information content (AvgIpc) is 3.78. The van der Waals surface area contributed by atoms with Crippen LogP contribution in [0, 0.1) is 12.1 Å². The van der Waals surface area contributed by atoms with Gasteiger partial charge in [-0.25, -0.2) is 12.2 Å². The predicted molar refractivity (Wildman–Crippen MR) is 214 cm³/mol. The molecule has 6 aromatic carbocycles. The molecule has 0 bridgehead atoms. The Hall–Kier alpha value is -2.77. The SMILES string of the molecule is CC(C)(C)c1[c-]c2c(cc1)-c1ccc(C(C)(C)C)cc1C2.Clc1cc([C](=[Zr+2])c2cc(Cl)cc3ccccc23)c2ccccc2c1.[C-]1=CC=CC1.[Cl-].[Cl-]. The maximum Gasteiger partial charge on any atom is -0.109 e. The third kappa shape index (κ3) is 9.66. The first-order valence-corrected chi connectivity index (χ1v) is 19.1. The van der Waals surface area contributed by atoms with Gasteiger partial charge in [0.2, 0.25) is 0 Å². The number of halogens is 4. The van der Waals surface area contributed by atoms with Crippen molar-refractivity contribution in [3.63, 3.8) is 0 Å². The Morgan fingerprint density at radius 3 is 1.69 bits per heavy atom. The summed E-state index contributed by atoms with van der Waals surface area (Å²) < 4.78 is 1.26. The van der Waals surface area contributed by atoms with Crippen molar-refractivity contribution in [3.05, 3.63) is 177 Å². The fourth-order valence-electron chi connectivity index (χ4n) is 6.47. The maximum absolute atomic E-state index is 6.38. The number of hydrogen-bond acceptors (Lipinski definition) is 0. The van der Waals surface area contributed by atoms with Crippen molar-refractivity contribution in [2.75, 3.05) is 0 Å². The van der Waals surface area contributed by atoms with Crippen molar-refractivity contribution < 1.29 is 49.0 Å². The van der Waals surface area contributed by atoms with Crippen molar-refractivity contribution in [2.24, 2.45) is 0 Å². The normalized spacial score (nSPS) is 12.5. The number of hydrogen-bond donors (Lipinski definition) is 0. The summed E-state index contributed by atoms with van der Waals surface area (Å²) >= 11 is 14.1. The molecule has 264 valence electrons. The minimum atomic E-state index is 0. The fourth-order valence-corrected chi connectivity index (χ4v) is 7.94. The standard InChI is InChI=1S/C21H12Cl2.C21H25.C5H5.2ClH.Zr/c22-18-10-14-5-1-3-7-20(14)16(12-18)9-17-13-19(23)11-15-6-2-4-8-21(15)17;1-20(2,3)16-7-9-18-14(12-16)11-15-13-17(21(4,5)6)8-10-19(15)18;1-2-4-5-3-1;;;/h1-8,10-13H;7-10,12H,11H2,1-6H3;1-3H,4H2;2*1H;/q;2*-1;;;+2/p-2. The minimum absolute atomic E-state index is 0. The summed E-state index contributed by atoms with van der Waals surface area (Å²) in [4.78, 5) is 0. The third-order valence-electron chi connectivity index (χ3n) is 9.24. The molecule has 0 saturated heterocycles. The third-order valence-corrected chi connectivity index (χ3v) is 11.0. The summed E-state index contributed by atoms with van der Waals surface area (Å²) in [5, 5.41) is 6.28. The van der Waals surface area contributed by atoms with Crippen LogP contribution in [-0.4, -0.2) is 3.21 Å². The smallest absolute Gasteiger partial charge is 0.109 e. The Morgan fingerprint density at radius 2 is 1.21 bits per heavy atom. The Labute approximate surface area is 347 Å². The van der Waals surface area contributed by atoms with Gasteiger partial charge in [-0.1, -0.05) is 65.3 Å². The molecule has 2 aliphatic carbocycles. The van der Waals surface area contributed by atoms with Gasteiger partial charge in [0.15, 0.2) is 0 Å². The van der Waals surface area contributed by atoms with Gasteiger partial charge < -0.3 is 24.8 Å². The van der Waals surface area contributed by atoms with Crippen molar-refractivity contribution >= 4 is 48.0 Å². The van der Waals surface area contributed by atoms with Crippen LogP contribution >= 0.6 is 23.2 Å². The molecular weight excluding hydrogens is 798 g/mol. The van der Waals surface area contributed by atoms with Crippen LogP contribution < -0.4 is 24.8 Å². The van der Waals surface area contributed by atoms with Crippen LogP contribution in [0.5, 0.6) is 0 Å². The molecule has 0 amide bonds. The monoisotopic (exact) mass is 836 g/mol. The molecule has 0 N–H and O–H groups in total. The molecule has 5 heteroatoms. The van der Waals surface area contributed by atoms with Crippen LogP contribution in [0.2, 0.25) is 10.0 Å².